The highest BCUT2D eigenvalue weighted by atomic mass is 17.0. The van der Waals surface area contributed by atoms with Gasteiger partial charge in [-0.25, -0.2) is 4.79 Å². The molecule has 0 aromatic carbocycles. The van der Waals surface area contributed by atoms with Gasteiger partial charge in [0.25, 0.3) is 16.6 Å². The minimum atomic E-state index is -0.924. The van der Waals surface area contributed by atoms with Gasteiger partial charge >= 0.3 is 12.1 Å². The van der Waals surface area contributed by atoms with Gasteiger partial charge in [0.2, 0.25) is 0 Å². The van der Waals surface area contributed by atoms with E-state index >= 15 is 0 Å². The van der Waals surface area contributed by atoms with Crippen LogP contribution in [0.3, 0.4) is 0 Å². The molecule has 0 fully saturated rings. The predicted molar refractivity (Wildman–Crippen MR) is 130 cm³/mol. The number of unbranched alkanes of at least 4 members (excludes halogenated alkanes) is 6. The average molecular weight is 552 g/mol. The van der Waals surface area contributed by atoms with Crippen LogP contribution in [0.2, 0.25) is 0 Å². The molecule has 1 amide bonds. The molecule has 0 radical (unpaired) electrons. The summed E-state index contributed by atoms with van der Waals surface area (Å²) in [5.41, 5.74) is 5.73. The van der Waals surface area contributed by atoms with Crippen LogP contribution in [0, 0.1) is 20.2 Å². The van der Waals surface area contributed by atoms with Crippen molar-refractivity contribution in [1.29, 1.82) is 0 Å². The van der Waals surface area contributed by atoms with Crippen molar-refractivity contribution in [2.45, 2.75) is 76.9 Å². The van der Waals surface area contributed by atoms with Gasteiger partial charge in [0, 0.05) is 13.0 Å². The summed E-state index contributed by atoms with van der Waals surface area (Å²) in [5.74, 6) is -0.448. The number of rotatable bonds is 25. The quantitative estimate of drug-likeness (QED) is 0.0190. The van der Waals surface area contributed by atoms with Crippen LogP contribution < -0.4 is 11.1 Å². The molecule has 38 heavy (non-hydrogen) atoms. The fourth-order valence-corrected chi connectivity index (χ4v) is 2.91. The highest BCUT2D eigenvalue weighted by molar-refractivity contribution is 5.96. The summed E-state index contributed by atoms with van der Waals surface area (Å²) in [4.78, 5) is 66.8. The van der Waals surface area contributed by atoms with E-state index in [0.29, 0.717) is 51.4 Å². The number of aliphatic imine (C=N–C) groups is 1. The zero-order valence-corrected chi connectivity index (χ0v) is 21.3. The van der Waals surface area contributed by atoms with E-state index in [9.17, 15) is 34.6 Å². The van der Waals surface area contributed by atoms with Crippen LogP contribution in [0.4, 0.5) is 4.79 Å². The van der Waals surface area contributed by atoms with Crippen LogP contribution in [-0.4, -0.2) is 73.7 Å². The molecular weight excluding hydrogens is 514 g/mol. The summed E-state index contributed by atoms with van der Waals surface area (Å²) in [5, 5.41) is 20.8. The van der Waals surface area contributed by atoms with Gasteiger partial charge < -0.3 is 29.6 Å². The van der Waals surface area contributed by atoms with Crippen molar-refractivity contribution in [3.05, 3.63) is 20.2 Å². The number of alkyl carbamates (subject to hydrolysis) is 1. The van der Waals surface area contributed by atoms with Gasteiger partial charge in [0.05, 0.1) is 26.4 Å². The molecular formula is C21H37N5O12. The third kappa shape index (κ3) is 23.8. The molecule has 0 aliphatic rings. The van der Waals surface area contributed by atoms with E-state index in [4.69, 9.17) is 19.9 Å². The minimum absolute atomic E-state index is 0.0215. The van der Waals surface area contributed by atoms with E-state index in [1.54, 1.807) is 0 Å². The Kier molecular flexibility index (Phi) is 21.1. The molecule has 0 saturated carbocycles. The Labute approximate surface area is 219 Å². The van der Waals surface area contributed by atoms with Gasteiger partial charge in [-0.2, -0.15) is 0 Å². The lowest BCUT2D eigenvalue weighted by atomic mass is 10.2. The first kappa shape index (κ1) is 34.1. The molecule has 0 saturated heterocycles. The van der Waals surface area contributed by atoms with Gasteiger partial charge in [-0.15, -0.1) is 20.2 Å². The Morgan fingerprint density at radius 2 is 1.37 bits per heavy atom. The van der Waals surface area contributed by atoms with Gasteiger partial charge in [-0.3, -0.25) is 19.9 Å². The molecule has 0 heterocycles. The number of nitrogens with zero attached hydrogens (tertiary/aromatic N) is 3. The first-order chi connectivity index (χ1) is 18.2. The van der Waals surface area contributed by atoms with Crippen LogP contribution in [0.15, 0.2) is 4.99 Å². The summed E-state index contributed by atoms with van der Waals surface area (Å²) in [6, 6.07) is 0. The number of hydrogen-bond donors (Lipinski definition) is 2. The largest absolute Gasteiger partial charge is 0.465 e. The van der Waals surface area contributed by atoms with Crippen molar-refractivity contribution < 1.29 is 48.4 Å². The molecule has 3 N–H and O–H groups in total. The van der Waals surface area contributed by atoms with Crippen LogP contribution >= 0.6 is 0 Å². The molecule has 0 bridgehead atoms. The molecule has 218 valence electrons. The topological polar surface area (TPSA) is 234 Å². The van der Waals surface area contributed by atoms with E-state index in [1.165, 1.54) is 0 Å². The molecule has 1 unspecified atom stereocenters. The van der Waals surface area contributed by atoms with E-state index in [0.717, 1.165) is 6.42 Å². The van der Waals surface area contributed by atoms with Crippen LogP contribution in [0.1, 0.15) is 70.6 Å². The lowest BCUT2D eigenvalue weighted by molar-refractivity contribution is -0.757. The Morgan fingerprint density at radius 1 is 0.842 bits per heavy atom. The molecule has 0 spiro atoms. The van der Waals surface area contributed by atoms with Crippen molar-refractivity contribution in [1.82, 2.24) is 5.32 Å². The summed E-state index contributed by atoms with van der Waals surface area (Å²) < 4.78 is 14.9. The number of hydrogen-bond acceptors (Lipinski definition) is 13. The first-order valence-corrected chi connectivity index (χ1v) is 12.3. The number of nitrogens with two attached hydrogens (primary N) is 1. The normalized spacial score (nSPS) is 11.6. The van der Waals surface area contributed by atoms with Crippen LogP contribution in [0.5, 0.6) is 0 Å². The Morgan fingerprint density at radius 3 is 1.89 bits per heavy atom. The van der Waals surface area contributed by atoms with Gasteiger partial charge in [-0.05, 0) is 44.9 Å². The van der Waals surface area contributed by atoms with Crippen molar-refractivity contribution in [2.75, 3.05) is 33.0 Å². The van der Waals surface area contributed by atoms with Crippen molar-refractivity contribution >= 4 is 24.4 Å². The molecule has 0 aliphatic heterocycles. The smallest absolute Gasteiger partial charge is 0.409 e. The standard InChI is InChI=1S/C21H37N5O12/c22-18(16-20(28)34-12-5-1-3-7-14-37-25(30)31)23-11-9-10-19(36-17-27)24-21(29)35-13-6-2-4-8-15-38-26(32)33/h17,19H,1-16H2,(H2,22,23)(H,24,29). The lowest BCUT2D eigenvalue weighted by Crippen LogP contribution is -2.37. The number of amidine groups is 1. The highest BCUT2D eigenvalue weighted by Crippen LogP contribution is 2.04. The summed E-state index contributed by atoms with van der Waals surface area (Å²) in [6.45, 7) is 0.816. The number of ether oxygens (including phenoxy) is 3. The summed E-state index contributed by atoms with van der Waals surface area (Å²) in [7, 11) is 0. The second-order valence-electron chi connectivity index (χ2n) is 7.86. The molecule has 17 nitrogen and oxygen atoms in total. The number of carbonyl (C=O) groups excluding carboxylic acids is 3. The van der Waals surface area contributed by atoms with Crippen molar-refractivity contribution in [3.8, 4) is 0 Å². The van der Waals surface area contributed by atoms with E-state index < -0.39 is 28.5 Å². The third-order valence-electron chi connectivity index (χ3n) is 4.73. The number of carbonyl (C=O) groups is 3. The Hall–Kier alpha value is -3.92. The maximum atomic E-state index is 11.8. The number of esters is 1. The maximum Gasteiger partial charge on any atom is 0.409 e. The molecule has 1 atom stereocenters. The SMILES string of the molecule is NC(CC(=O)OCCCCCCO[N+](=O)[O-])=NCCCC(NC(=O)OCCCCCCO[N+](=O)[O-])OC=O. The zero-order chi connectivity index (χ0) is 28.4. The number of nitrogens with one attached hydrogen (secondary N) is 1. The lowest BCUT2D eigenvalue weighted by Gasteiger charge is -2.16. The fourth-order valence-electron chi connectivity index (χ4n) is 2.91. The summed E-state index contributed by atoms with van der Waals surface area (Å²) >= 11 is 0. The minimum Gasteiger partial charge on any atom is -0.465 e. The highest BCUT2D eigenvalue weighted by Gasteiger charge is 2.14. The Balaban J connectivity index is 3.93. The predicted octanol–water partition coefficient (Wildman–Crippen LogP) is 1.82. The fraction of sp³-hybridized carbons (Fsp3) is 0.810. The summed E-state index contributed by atoms with van der Waals surface area (Å²) in [6.07, 6.45) is 3.80. The van der Waals surface area contributed by atoms with Crippen LogP contribution in [-0.2, 0) is 33.5 Å². The van der Waals surface area contributed by atoms with Gasteiger partial charge in [0.1, 0.15) is 12.3 Å². The van der Waals surface area contributed by atoms with E-state index in [1.807, 2.05) is 0 Å². The molecule has 0 aliphatic carbocycles. The van der Waals surface area contributed by atoms with Crippen molar-refractivity contribution in [3.63, 3.8) is 0 Å². The number of amides is 1. The van der Waals surface area contributed by atoms with Gasteiger partial charge in [0.15, 0.2) is 6.23 Å². The van der Waals surface area contributed by atoms with E-state index in [-0.39, 0.29) is 58.1 Å². The second-order valence-corrected chi connectivity index (χ2v) is 7.86. The molecule has 0 rings (SSSR count). The average Bonchev–Trinajstić information content (AvgIpc) is 2.84. The zero-order valence-electron chi connectivity index (χ0n) is 21.3. The second kappa shape index (κ2) is 23.5. The van der Waals surface area contributed by atoms with Crippen LogP contribution in [0.25, 0.3) is 0 Å². The molecule has 0 aromatic rings. The third-order valence-corrected chi connectivity index (χ3v) is 4.73. The van der Waals surface area contributed by atoms with Gasteiger partial charge in [-0.1, -0.05) is 12.8 Å². The monoisotopic (exact) mass is 551 g/mol. The molecule has 17 heteroatoms. The molecule has 0 aromatic heterocycles. The Bertz CT molecular complexity index is 737. The first-order valence-electron chi connectivity index (χ1n) is 12.3. The maximum absolute atomic E-state index is 11.8. The van der Waals surface area contributed by atoms with Crippen molar-refractivity contribution in [2.24, 2.45) is 10.7 Å². The van der Waals surface area contributed by atoms with E-state index in [2.05, 4.69) is 20.0 Å².